The fraction of sp³-hybridized carbons (Fsp3) is 0.174. The van der Waals surface area contributed by atoms with E-state index in [9.17, 15) is 19.3 Å². The number of carbonyl (C=O) groups is 1. The van der Waals surface area contributed by atoms with Gasteiger partial charge in [0.05, 0.1) is 24.3 Å². The lowest BCUT2D eigenvalue weighted by molar-refractivity contribution is -0.384. The first-order valence-electron chi connectivity index (χ1n) is 9.90. The zero-order valence-electron chi connectivity index (χ0n) is 17.9. The van der Waals surface area contributed by atoms with Gasteiger partial charge in [0.15, 0.2) is 5.82 Å². The van der Waals surface area contributed by atoms with E-state index < -0.39 is 16.7 Å². The lowest BCUT2D eigenvalue weighted by atomic mass is 10.2. The van der Waals surface area contributed by atoms with Crippen molar-refractivity contribution in [2.24, 2.45) is 10.2 Å². The molecule has 0 amide bonds. The van der Waals surface area contributed by atoms with Gasteiger partial charge in [-0.1, -0.05) is 6.92 Å². The number of ether oxygens (including phenoxy) is 3. The summed E-state index contributed by atoms with van der Waals surface area (Å²) >= 11 is 0. The molecule has 0 radical (unpaired) electrons. The van der Waals surface area contributed by atoms with Crippen LogP contribution in [0.3, 0.4) is 0 Å². The van der Waals surface area contributed by atoms with Gasteiger partial charge in [-0.2, -0.15) is 5.11 Å². The molecule has 0 atom stereocenters. The predicted molar refractivity (Wildman–Crippen MR) is 117 cm³/mol. The second-order valence-corrected chi connectivity index (χ2v) is 6.69. The van der Waals surface area contributed by atoms with Crippen LogP contribution >= 0.6 is 0 Å². The molecule has 0 unspecified atom stereocenters. The summed E-state index contributed by atoms with van der Waals surface area (Å²) in [5.41, 5.74) is 0.303. The number of non-ortho nitro benzene ring substituents is 1. The van der Waals surface area contributed by atoms with Crippen LogP contribution in [0.15, 0.2) is 70.9 Å². The number of nitro benzene ring substituents is 1. The number of azo groups is 1. The molecule has 0 saturated heterocycles. The van der Waals surface area contributed by atoms with Crippen molar-refractivity contribution >= 4 is 23.0 Å². The Hall–Kier alpha value is -4.34. The van der Waals surface area contributed by atoms with Gasteiger partial charge >= 0.3 is 5.97 Å². The average Bonchev–Trinajstić information content (AvgIpc) is 2.82. The van der Waals surface area contributed by atoms with Crippen molar-refractivity contribution < 1.29 is 28.3 Å². The molecule has 0 bridgehead atoms. The minimum Gasteiger partial charge on any atom is -0.497 e. The van der Waals surface area contributed by atoms with Gasteiger partial charge in [-0.3, -0.25) is 10.1 Å². The van der Waals surface area contributed by atoms with Gasteiger partial charge in [-0.05, 0) is 42.8 Å². The standard InChI is InChI=1S/C23H20FN3O6/c1-3-12-32-22-14-17(31-2)8-10-19(22)23(28)33-18-9-11-21(20(24)13-18)26-25-15-4-6-16(7-5-15)27(29)30/h4-11,13-14H,3,12H2,1-2H3/b26-25+. The Morgan fingerprint density at radius 2 is 1.76 bits per heavy atom. The molecule has 0 fully saturated rings. The number of nitro groups is 1. The van der Waals surface area contributed by atoms with Crippen LogP contribution in [-0.4, -0.2) is 24.6 Å². The Morgan fingerprint density at radius 3 is 2.39 bits per heavy atom. The summed E-state index contributed by atoms with van der Waals surface area (Å²) in [4.78, 5) is 22.8. The molecule has 0 aliphatic heterocycles. The highest BCUT2D eigenvalue weighted by molar-refractivity contribution is 5.94. The third-order valence-electron chi connectivity index (χ3n) is 4.33. The first-order chi connectivity index (χ1) is 15.9. The number of rotatable bonds is 9. The second kappa shape index (κ2) is 10.8. The summed E-state index contributed by atoms with van der Waals surface area (Å²) in [5.74, 6) is -0.683. The smallest absolute Gasteiger partial charge is 0.347 e. The van der Waals surface area contributed by atoms with Gasteiger partial charge in [0.1, 0.15) is 28.5 Å². The van der Waals surface area contributed by atoms with Crippen molar-refractivity contribution in [2.45, 2.75) is 13.3 Å². The SMILES string of the molecule is CCCOc1cc(OC)ccc1C(=O)Oc1ccc(/N=N/c2ccc([N+](=O)[O-])cc2)c(F)c1. The summed E-state index contributed by atoms with van der Waals surface area (Å²) in [6.45, 7) is 2.33. The van der Waals surface area contributed by atoms with Crippen molar-refractivity contribution in [3.8, 4) is 17.2 Å². The Labute approximate surface area is 188 Å². The molecule has 10 heteroatoms. The highest BCUT2D eigenvalue weighted by atomic mass is 19.1. The van der Waals surface area contributed by atoms with E-state index in [1.54, 1.807) is 12.1 Å². The maximum atomic E-state index is 14.4. The van der Waals surface area contributed by atoms with E-state index in [0.717, 1.165) is 12.5 Å². The van der Waals surface area contributed by atoms with Gasteiger partial charge in [-0.15, -0.1) is 5.11 Å². The normalized spacial score (nSPS) is 10.8. The van der Waals surface area contributed by atoms with E-state index in [4.69, 9.17) is 14.2 Å². The highest BCUT2D eigenvalue weighted by Crippen LogP contribution is 2.29. The fourth-order valence-corrected chi connectivity index (χ4v) is 2.68. The molecule has 3 aromatic rings. The Balaban J connectivity index is 1.73. The molecular formula is C23H20FN3O6. The van der Waals surface area contributed by atoms with Crippen LogP contribution in [0.5, 0.6) is 17.2 Å². The van der Waals surface area contributed by atoms with E-state index in [-0.39, 0.29) is 22.7 Å². The predicted octanol–water partition coefficient (Wildman–Crippen LogP) is 6.17. The van der Waals surface area contributed by atoms with E-state index >= 15 is 0 Å². The lowest BCUT2D eigenvalue weighted by Gasteiger charge is -2.12. The summed E-state index contributed by atoms with van der Waals surface area (Å²) in [5, 5.41) is 18.3. The third kappa shape index (κ3) is 6.10. The fourth-order valence-electron chi connectivity index (χ4n) is 2.68. The highest BCUT2D eigenvalue weighted by Gasteiger charge is 2.17. The molecule has 0 N–H and O–H groups in total. The molecule has 0 aliphatic rings. The molecule has 0 aliphatic carbocycles. The molecule has 170 valence electrons. The van der Waals surface area contributed by atoms with Gasteiger partial charge < -0.3 is 14.2 Å². The van der Waals surface area contributed by atoms with Crippen molar-refractivity contribution in [3.05, 3.63) is 82.2 Å². The molecular weight excluding hydrogens is 433 g/mol. The average molecular weight is 453 g/mol. The van der Waals surface area contributed by atoms with Crippen LogP contribution in [-0.2, 0) is 0 Å². The summed E-state index contributed by atoms with van der Waals surface area (Å²) in [6, 6.07) is 13.7. The first kappa shape index (κ1) is 23.3. The van der Waals surface area contributed by atoms with Gasteiger partial charge in [0, 0.05) is 24.3 Å². The number of esters is 1. The van der Waals surface area contributed by atoms with E-state index in [0.29, 0.717) is 23.8 Å². The molecule has 3 rings (SSSR count). The first-order valence-corrected chi connectivity index (χ1v) is 9.90. The number of methoxy groups -OCH3 is 1. The molecule has 9 nitrogen and oxygen atoms in total. The second-order valence-electron chi connectivity index (χ2n) is 6.69. The van der Waals surface area contributed by atoms with Gasteiger partial charge in [0.25, 0.3) is 5.69 Å². The minimum absolute atomic E-state index is 0.0240. The zero-order chi connectivity index (χ0) is 23.8. The van der Waals surface area contributed by atoms with Crippen LogP contribution in [0.2, 0.25) is 0 Å². The van der Waals surface area contributed by atoms with Crippen LogP contribution in [0.4, 0.5) is 21.5 Å². The molecule has 0 spiro atoms. The van der Waals surface area contributed by atoms with Crippen LogP contribution in [0, 0.1) is 15.9 Å². The Bertz CT molecular complexity index is 1180. The van der Waals surface area contributed by atoms with Crippen molar-refractivity contribution in [2.75, 3.05) is 13.7 Å². The number of hydrogen-bond donors (Lipinski definition) is 0. The van der Waals surface area contributed by atoms with E-state index in [1.807, 2.05) is 6.92 Å². The monoisotopic (exact) mass is 453 g/mol. The maximum absolute atomic E-state index is 14.4. The van der Waals surface area contributed by atoms with Crippen LogP contribution < -0.4 is 14.2 Å². The minimum atomic E-state index is -0.761. The quantitative estimate of drug-likeness (QED) is 0.126. The van der Waals surface area contributed by atoms with Gasteiger partial charge in [-0.25, -0.2) is 9.18 Å². The van der Waals surface area contributed by atoms with E-state index in [2.05, 4.69) is 10.2 Å². The molecule has 0 aromatic heterocycles. The Kier molecular flexibility index (Phi) is 7.64. The number of nitrogens with zero attached hydrogens (tertiary/aromatic N) is 3. The van der Waals surface area contributed by atoms with Crippen molar-refractivity contribution in [1.29, 1.82) is 0 Å². The summed E-state index contributed by atoms with van der Waals surface area (Å²) < 4.78 is 30.5. The van der Waals surface area contributed by atoms with Crippen molar-refractivity contribution in [3.63, 3.8) is 0 Å². The topological polar surface area (TPSA) is 113 Å². The lowest BCUT2D eigenvalue weighted by Crippen LogP contribution is -2.11. The van der Waals surface area contributed by atoms with E-state index in [1.165, 1.54) is 49.6 Å². The van der Waals surface area contributed by atoms with Gasteiger partial charge in [0.2, 0.25) is 0 Å². The molecule has 33 heavy (non-hydrogen) atoms. The van der Waals surface area contributed by atoms with Crippen LogP contribution in [0.1, 0.15) is 23.7 Å². The zero-order valence-corrected chi connectivity index (χ0v) is 17.9. The number of carbonyl (C=O) groups excluding carboxylic acids is 1. The number of hydrogen-bond acceptors (Lipinski definition) is 8. The summed E-state index contributed by atoms with van der Waals surface area (Å²) in [6.07, 6.45) is 0.743. The molecule has 0 saturated carbocycles. The van der Waals surface area contributed by atoms with Crippen LogP contribution in [0.25, 0.3) is 0 Å². The number of benzene rings is 3. The largest absolute Gasteiger partial charge is 0.497 e. The van der Waals surface area contributed by atoms with Crippen molar-refractivity contribution in [1.82, 2.24) is 0 Å². The molecule has 0 heterocycles. The molecule has 3 aromatic carbocycles. The maximum Gasteiger partial charge on any atom is 0.347 e. The Morgan fingerprint density at radius 1 is 1.03 bits per heavy atom. The number of halogens is 1. The summed E-state index contributed by atoms with van der Waals surface area (Å²) in [7, 11) is 1.50. The third-order valence-corrected chi connectivity index (χ3v) is 4.33.